The van der Waals surface area contributed by atoms with Gasteiger partial charge in [0.1, 0.15) is 12.4 Å². The van der Waals surface area contributed by atoms with Crippen molar-refractivity contribution >= 4 is 0 Å². The summed E-state index contributed by atoms with van der Waals surface area (Å²) in [6.07, 6.45) is 0. The van der Waals surface area contributed by atoms with E-state index >= 15 is 0 Å². The lowest BCUT2D eigenvalue weighted by atomic mass is 10.2. The normalized spacial score (nSPS) is 10.6. The van der Waals surface area contributed by atoms with E-state index in [2.05, 4.69) is 16.5 Å². The first-order chi connectivity index (χ1) is 12.5. The first-order valence-corrected chi connectivity index (χ1v) is 7.91. The summed E-state index contributed by atoms with van der Waals surface area (Å²) in [5, 5.41) is 7.41. The Morgan fingerprint density at radius 2 is 1.88 bits per heavy atom. The van der Waals surface area contributed by atoms with E-state index < -0.39 is 11.6 Å². The average molecular weight is 359 g/mol. The maximum Gasteiger partial charge on any atom is 0.212 e. The number of halogens is 3. The van der Waals surface area contributed by atoms with Crippen LogP contribution in [0.4, 0.5) is 13.2 Å². The molecule has 4 nitrogen and oxygen atoms in total. The standard InChI is InChI=1S/C19H16F3N3O/c1-23-10-17-9-19(26-12-14-8-16(21)6-7-18(14)22)25(24-17)11-13-2-4-15(20)5-3-13/h2-5,8-9,23H,10-12H2,1H3. The van der Waals surface area contributed by atoms with Crippen molar-refractivity contribution in [3.63, 3.8) is 0 Å². The molecule has 0 bridgehead atoms. The van der Waals surface area contributed by atoms with Crippen molar-refractivity contribution in [1.29, 1.82) is 0 Å². The molecular formula is C19H16F3N3O. The predicted molar refractivity (Wildman–Crippen MR) is 88.9 cm³/mol. The fourth-order valence-electron chi connectivity index (χ4n) is 2.41. The van der Waals surface area contributed by atoms with E-state index in [-0.39, 0.29) is 18.0 Å². The van der Waals surface area contributed by atoms with Gasteiger partial charge < -0.3 is 10.1 Å². The lowest BCUT2D eigenvalue weighted by Crippen LogP contribution is -2.09. The first-order valence-electron chi connectivity index (χ1n) is 7.91. The molecule has 0 saturated heterocycles. The Morgan fingerprint density at radius 1 is 1.12 bits per heavy atom. The molecule has 0 saturated carbocycles. The van der Waals surface area contributed by atoms with Crippen LogP contribution in [0.2, 0.25) is 0 Å². The van der Waals surface area contributed by atoms with Gasteiger partial charge in [0, 0.05) is 18.2 Å². The predicted octanol–water partition coefficient (Wildman–Crippen LogP) is 3.25. The number of aromatic nitrogens is 2. The second-order valence-electron chi connectivity index (χ2n) is 5.66. The topological polar surface area (TPSA) is 39.1 Å². The SMILES string of the molecule is CNCc1cc(OCc2cc(F)c#cc2F)n(Cc2ccc(F)cc2)n1. The molecule has 1 heterocycles. The molecular weight excluding hydrogens is 343 g/mol. The number of hydrogen-bond donors (Lipinski definition) is 1. The van der Waals surface area contributed by atoms with Crippen molar-refractivity contribution in [2.75, 3.05) is 7.05 Å². The lowest BCUT2D eigenvalue weighted by molar-refractivity contribution is 0.269. The zero-order chi connectivity index (χ0) is 18.5. The smallest absolute Gasteiger partial charge is 0.212 e. The molecule has 3 rings (SSSR count). The van der Waals surface area contributed by atoms with Gasteiger partial charge in [-0.25, -0.2) is 9.07 Å². The van der Waals surface area contributed by atoms with E-state index in [0.29, 0.717) is 19.0 Å². The van der Waals surface area contributed by atoms with E-state index in [1.807, 2.05) is 6.07 Å². The fourth-order valence-corrected chi connectivity index (χ4v) is 2.41. The molecule has 0 unspecified atom stereocenters. The largest absolute Gasteiger partial charge is 0.473 e. The van der Waals surface area contributed by atoms with Crippen molar-refractivity contribution in [1.82, 2.24) is 15.1 Å². The maximum absolute atomic E-state index is 13.7. The molecule has 3 aromatic rings. The zero-order valence-electron chi connectivity index (χ0n) is 14.0. The Balaban J connectivity index is 1.80. The van der Waals surface area contributed by atoms with Gasteiger partial charge in [-0.1, -0.05) is 12.1 Å². The van der Waals surface area contributed by atoms with E-state index in [0.717, 1.165) is 17.3 Å². The van der Waals surface area contributed by atoms with Gasteiger partial charge in [0.15, 0.2) is 11.6 Å². The average Bonchev–Trinajstić information content (AvgIpc) is 2.99. The number of nitrogens with zero attached hydrogens (tertiary/aromatic N) is 2. The minimum atomic E-state index is -0.716. The van der Waals surface area contributed by atoms with E-state index in [1.165, 1.54) is 12.1 Å². The monoisotopic (exact) mass is 359 g/mol. The third kappa shape index (κ3) is 4.35. The van der Waals surface area contributed by atoms with Crippen molar-refractivity contribution in [2.24, 2.45) is 0 Å². The third-order valence-corrected chi connectivity index (χ3v) is 3.65. The number of ether oxygens (including phenoxy) is 1. The number of nitrogens with one attached hydrogen (secondary N) is 1. The summed E-state index contributed by atoms with van der Waals surface area (Å²) < 4.78 is 47.2. The van der Waals surface area contributed by atoms with Gasteiger partial charge in [0.2, 0.25) is 5.88 Å². The van der Waals surface area contributed by atoms with Crippen molar-refractivity contribution < 1.29 is 17.9 Å². The number of hydrogen-bond acceptors (Lipinski definition) is 3. The van der Waals surface area contributed by atoms with Crippen LogP contribution < -0.4 is 10.1 Å². The number of rotatable bonds is 7. The molecule has 0 aliphatic rings. The highest BCUT2D eigenvalue weighted by Crippen LogP contribution is 2.18. The van der Waals surface area contributed by atoms with Crippen LogP contribution in [0, 0.1) is 29.6 Å². The van der Waals surface area contributed by atoms with Gasteiger partial charge in [-0.15, -0.1) is 0 Å². The Morgan fingerprint density at radius 3 is 2.62 bits per heavy atom. The Labute approximate surface area is 149 Å². The highest BCUT2D eigenvalue weighted by Gasteiger charge is 2.12. The fraction of sp³-hybridized carbons (Fsp3) is 0.211. The molecule has 0 radical (unpaired) electrons. The summed E-state index contributed by atoms with van der Waals surface area (Å²) >= 11 is 0. The van der Waals surface area contributed by atoms with E-state index in [1.54, 1.807) is 29.9 Å². The van der Waals surface area contributed by atoms with Crippen LogP contribution in [0.15, 0.2) is 36.4 Å². The zero-order valence-corrected chi connectivity index (χ0v) is 14.0. The van der Waals surface area contributed by atoms with E-state index in [4.69, 9.17) is 4.74 Å². The molecule has 0 fully saturated rings. The van der Waals surface area contributed by atoms with Crippen molar-refractivity contribution in [3.05, 3.63) is 82.8 Å². The molecule has 1 aromatic heterocycles. The number of benzene rings is 1. The van der Waals surface area contributed by atoms with Crippen LogP contribution in [0.3, 0.4) is 0 Å². The van der Waals surface area contributed by atoms with Gasteiger partial charge in [0.25, 0.3) is 0 Å². The summed E-state index contributed by atoms with van der Waals surface area (Å²) in [7, 11) is 1.79. The van der Waals surface area contributed by atoms with Gasteiger partial charge in [-0.2, -0.15) is 13.9 Å². The summed E-state index contributed by atoms with van der Waals surface area (Å²) in [4.78, 5) is 0. The van der Waals surface area contributed by atoms with E-state index in [9.17, 15) is 13.2 Å². The summed E-state index contributed by atoms with van der Waals surface area (Å²) in [5.74, 6) is -1.35. The van der Waals surface area contributed by atoms with Crippen LogP contribution in [0.5, 0.6) is 5.88 Å². The molecule has 26 heavy (non-hydrogen) atoms. The Bertz CT molecular complexity index is 878. The van der Waals surface area contributed by atoms with Gasteiger partial charge in [-0.3, -0.25) is 0 Å². The molecule has 0 aliphatic carbocycles. The highest BCUT2D eigenvalue weighted by atomic mass is 19.1. The van der Waals surface area contributed by atoms with Crippen LogP contribution >= 0.6 is 0 Å². The van der Waals surface area contributed by atoms with Crippen molar-refractivity contribution in [2.45, 2.75) is 19.7 Å². The van der Waals surface area contributed by atoms with Crippen LogP contribution in [0.1, 0.15) is 16.8 Å². The minimum absolute atomic E-state index is 0.0333. The summed E-state index contributed by atoms with van der Waals surface area (Å²) in [6, 6.07) is 12.9. The van der Waals surface area contributed by atoms with Crippen LogP contribution in [-0.4, -0.2) is 16.8 Å². The quantitative estimate of drug-likeness (QED) is 0.704. The molecule has 0 atom stereocenters. The van der Waals surface area contributed by atoms with Crippen LogP contribution in [0.25, 0.3) is 0 Å². The molecule has 134 valence electrons. The molecule has 0 amide bonds. The molecule has 1 N–H and O–H groups in total. The second-order valence-corrected chi connectivity index (χ2v) is 5.66. The molecule has 0 spiro atoms. The first kappa shape index (κ1) is 17.8. The van der Waals surface area contributed by atoms with Gasteiger partial charge >= 0.3 is 0 Å². The third-order valence-electron chi connectivity index (χ3n) is 3.65. The minimum Gasteiger partial charge on any atom is -0.473 e. The summed E-state index contributed by atoms with van der Waals surface area (Å²) in [6.45, 7) is 0.691. The van der Waals surface area contributed by atoms with Gasteiger partial charge in [0.05, 0.1) is 12.2 Å². The summed E-state index contributed by atoms with van der Waals surface area (Å²) in [5.41, 5.74) is 1.59. The Kier molecular flexibility index (Phi) is 5.44. The Hall–Kier alpha value is -2.98. The molecule has 2 aromatic carbocycles. The maximum atomic E-state index is 13.7. The lowest BCUT2D eigenvalue weighted by Gasteiger charge is -2.09. The molecule has 0 aliphatic heterocycles. The molecule has 7 heteroatoms. The van der Waals surface area contributed by atoms with Crippen LogP contribution in [-0.2, 0) is 19.7 Å². The highest BCUT2D eigenvalue weighted by molar-refractivity contribution is 5.22. The van der Waals surface area contributed by atoms with Gasteiger partial charge in [-0.05, 0) is 42.9 Å². The van der Waals surface area contributed by atoms with Crippen molar-refractivity contribution in [3.8, 4) is 5.88 Å². The second kappa shape index (κ2) is 7.93.